The lowest BCUT2D eigenvalue weighted by Crippen LogP contribution is -2.34. The maximum atomic E-state index is 11.1. The molecular weight excluding hydrogens is 224 g/mol. The standard InChI is InChI=1S/C11H14N2O4/c1-17-11(16)9(13)4-6-2-3-7(12)5-8(6)10(14)15/h2-3,5,9H,4,12-13H2,1H3,(H,14,15). The minimum atomic E-state index is -1.11. The van der Waals surface area contributed by atoms with Crippen LogP contribution in [-0.2, 0) is 16.0 Å². The van der Waals surface area contributed by atoms with Crippen molar-refractivity contribution in [1.82, 2.24) is 0 Å². The first kappa shape index (κ1) is 13.0. The molecule has 1 aromatic carbocycles. The predicted octanol–water partition coefficient (Wildman–Crippen LogP) is 0.00980. The molecule has 1 aromatic rings. The van der Waals surface area contributed by atoms with E-state index in [0.29, 0.717) is 11.3 Å². The van der Waals surface area contributed by atoms with Crippen molar-refractivity contribution in [3.63, 3.8) is 0 Å². The molecule has 6 heteroatoms. The van der Waals surface area contributed by atoms with Crippen molar-refractivity contribution in [3.05, 3.63) is 29.3 Å². The number of esters is 1. The highest BCUT2D eigenvalue weighted by Gasteiger charge is 2.18. The van der Waals surface area contributed by atoms with Crippen molar-refractivity contribution in [2.24, 2.45) is 5.73 Å². The Kier molecular flexibility index (Phi) is 4.06. The molecule has 0 radical (unpaired) electrons. The van der Waals surface area contributed by atoms with Gasteiger partial charge >= 0.3 is 11.9 Å². The molecule has 17 heavy (non-hydrogen) atoms. The second-order valence-corrected chi connectivity index (χ2v) is 3.56. The number of ether oxygens (including phenoxy) is 1. The van der Waals surface area contributed by atoms with Crippen LogP contribution in [0.4, 0.5) is 5.69 Å². The summed E-state index contributed by atoms with van der Waals surface area (Å²) in [7, 11) is 1.23. The molecule has 0 heterocycles. The van der Waals surface area contributed by atoms with Crippen LogP contribution in [0.2, 0.25) is 0 Å². The molecule has 0 aliphatic rings. The van der Waals surface area contributed by atoms with E-state index in [2.05, 4.69) is 4.74 Å². The number of hydrogen-bond acceptors (Lipinski definition) is 5. The molecule has 1 atom stereocenters. The maximum Gasteiger partial charge on any atom is 0.336 e. The zero-order valence-corrected chi connectivity index (χ0v) is 9.34. The fourth-order valence-electron chi connectivity index (χ4n) is 1.44. The van der Waals surface area contributed by atoms with Crippen LogP contribution in [0.25, 0.3) is 0 Å². The quantitative estimate of drug-likeness (QED) is 0.502. The molecule has 1 rings (SSSR count). The van der Waals surface area contributed by atoms with Gasteiger partial charge in [-0.05, 0) is 24.1 Å². The van der Waals surface area contributed by atoms with Crippen LogP contribution in [0.3, 0.4) is 0 Å². The van der Waals surface area contributed by atoms with Gasteiger partial charge < -0.3 is 21.3 Å². The third-order valence-electron chi connectivity index (χ3n) is 2.31. The monoisotopic (exact) mass is 238 g/mol. The van der Waals surface area contributed by atoms with Crippen molar-refractivity contribution in [1.29, 1.82) is 0 Å². The summed E-state index contributed by atoms with van der Waals surface area (Å²) in [6.45, 7) is 0. The average molecular weight is 238 g/mol. The predicted molar refractivity (Wildman–Crippen MR) is 61.5 cm³/mol. The van der Waals surface area contributed by atoms with Gasteiger partial charge in [-0.15, -0.1) is 0 Å². The lowest BCUT2D eigenvalue weighted by molar-refractivity contribution is -0.142. The van der Waals surface area contributed by atoms with Crippen LogP contribution < -0.4 is 11.5 Å². The van der Waals surface area contributed by atoms with E-state index in [1.807, 2.05) is 0 Å². The summed E-state index contributed by atoms with van der Waals surface area (Å²) < 4.78 is 4.47. The Morgan fingerprint density at radius 1 is 1.47 bits per heavy atom. The summed E-state index contributed by atoms with van der Waals surface area (Å²) in [5, 5.41) is 8.99. The summed E-state index contributed by atoms with van der Waals surface area (Å²) >= 11 is 0. The van der Waals surface area contributed by atoms with Crippen molar-refractivity contribution in [2.45, 2.75) is 12.5 Å². The van der Waals surface area contributed by atoms with Gasteiger partial charge in [0.05, 0.1) is 12.7 Å². The van der Waals surface area contributed by atoms with E-state index in [-0.39, 0.29) is 12.0 Å². The van der Waals surface area contributed by atoms with Crippen molar-refractivity contribution < 1.29 is 19.4 Å². The zero-order chi connectivity index (χ0) is 13.0. The lowest BCUT2D eigenvalue weighted by Gasteiger charge is -2.11. The first-order valence-electron chi connectivity index (χ1n) is 4.90. The largest absolute Gasteiger partial charge is 0.478 e. The molecule has 92 valence electrons. The Balaban J connectivity index is 2.98. The number of anilines is 1. The number of carboxylic acid groups (broad SMARTS) is 1. The second-order valence-electron chi connectivity index (χ2n) is 3.56. The third-order valence-corrected chi connectivity index (χ3v) is 2.31. The van der Waals surface area contributed by atoms with Gasteiger partial charge in [0.25, 0.3) is 0 Å². The van der Waals surface area contributed by atoms with Crippen LogP contribution in [-0.4, -0.2) is 30.2 Å². The van der Waals surface area contributed by atoms with Gasteiger partial charge in [0.1, 0.15) is 6.04 Å². The van der Waals surface area contributed by atoms with E-state index in [0.717, 1.165) is 0 Å². The number of carboxylic acids is 1. The van der Waals surface area contributed by atoms with Crippen molar-refractivity contribution in [3.8, 4) is 0 Å². The van der Waals surface area contributed by atoms with Crippen LogP contribution in [0, 0.1) is 0 Å². The summed E-state index contributed by atoms with van der Waals surface area (Å²) in [6.07, 6.45) is 0.0919. The van der Waals surface area contributed by atoms with Gasteiger partial charge in [-0.25, -0.2) is 4.79 Å². The average Bonchev–Trinajstić information content (AvgIpc) is 2.29. The number of benzene rings is 1. The number of methoxy groups -OCH3 is 1. The van der Waals surface area contributed by atoms with Gasteiger partial charge in [0, 0.05) is 5.69 Å². The van der Waals surface area contributed by atoms with E-state index in [9.17, 15) is 9.59 Å². The van der Waals surface area contributed by atoms with Crippen LogP contribution in [0.1, 0.15) is 15.9 Å². The maximum absolute atomic E-state index is 11.1. The van der Waals surface area contributed by atoms with E-state index in [1.165, 1.54) is 13.2 Å². The Morgan fingerprint density at radius 3 is 2.65 bits per heavy atom. The van der Waals surface area contributed by atoms with Crippen molar-refractivity contribution in [2.75, 3.05) is 12.8 Å². The Morgan fingerprint density at radius 2 is 2.12 bits per heavy atom. The molecule has 0 aliphatic heterocycles. The molecule has 0 fully saturated rings. The molecule has 0 spiro atoms. The number of carbonyl (C=O) groups is 2. The van der Waals surface area contributed by atoms with Crippen LogP contribution in [0.15, 0.2) is 18.2 Å². The van der Waals surface area contributed by atoms with E-state index < -0.39 is 18.0 Å². The number of carbonyl (C=O) groups excluding carboxylic acids is 1. The molecular formula is C11H14N2O4. The van der Waals surface area contributed by atoms with E-state index >= 15 is 0 Å². The Hall–Kier alpha value is -2.08. The van der Waals surface area contributed by atoms with Gasteiger partial charge in [-0.1, -0.05) is 6.07 Å². The van der Waals surface area contributed by atoms with Crippen molar-refractivity contribution >= 4 is 17.6 Å². The number of aromatic carboxylic acids is 1. The van der Waals surface area contributed by atoms with Crippen LogP contribution in [0.5, 0.6) is 0 Å². The summed E-state index contributed by atoms with van der Waals surface area (Å²) in [4.78, 5) is 22.1. The van der Waals surface area contributed by atoms with Gasteiger partial charge in [-0.3, -0.25) is 4.79 Å². The fraction of sp³-hybridized carbons (Fsp3) is 0.273. The molecule has 0 saturated heterocycles. The molecule has 5 N–H and O–H groups in total. The SMILES string of the molecule is COC(=O)C(N)Cc1ccc(N)cc1C(=O)O. The minimum absolute atomic E-state index is 0.0457. The third kappa shape index (κ3) is 3.18. The number of hydrogen-bond donors (Lipinski definition) is 3. The normalized spacial score (nSPS) is 11.9. The number of rotatable bonds is 4. The smallest absolute Gasteiger partial charge is 0.336 e. The first-order chi connectivity index (χ1) is 7.95. The first-order valence-corrected chi connectivity index (χ1v) is 4.90. The number of nitrogen functional groups attached to an aromatic ring is 1. The second kappa shape index (κ2) is 5.31. The molecule has 1 unspecified atom stereocenters. The Labute approximate surface area is 98.2 Å². The van der Waals surface area contributed by atoms with Crippen LogP contribution >= 0.6 is 0 Å². The van der Waals surface area contributed by atoms with E-state index in [4.69, 9.17) is 16.6 Å². The highest BCUT2D eigenvalue weighted by molar-refractivity contribution is 5.91. The molecule has 0 aromatic heterocycles. The highest BCUT2D eigenvalue weighted by atomic mass is 16.5. The molecule has 0 aliphatic carbocycles. The molecule has 0 bridgehead atoms. The minimum Gasteiger partial charge on any atom is -0.478 e. The molecule has 0 saturated carbocycles. The summed E-state index contributed by atoms with van der Waals surface area (Å²) in [5.41, 5.74) is 11.9. The summed E-state index contributed by atoms with van der Waals surface area (Å²) in [6, 6.07) is 3.55. The molecule has 0 amide bonds. The lowest BCUT2D eigenvalue weighted by atomic mass is 10.00. The topological polar surface area (TPSA) is 116 Å². The number of nitrogens with two attached hydrogens (primary N) is 2. The van der Waals surface area contributed by atoms with Gasteiger partial charge in [-0.2, -0.15) is 0 Å². The van der Waals surface area contributed by atoms with E-state index in [1.54, 1.807) is 12.1 Å². The Bertz CT molecular complexity index is 445. The molecule has 6 nitrogen and oxygen atoms in total. The zero-order valence-electron chi connectivity index (χ0n) is 9.34. The van der Waals surface area contributed by atoms with Gasteiger partial charge in [0.2, 0.25) is 0 Å². The van der Waals surface area contributed by atoms with Gasteiger partial charge in [0.15, 0.2) is 0 Å². The fourth-order valence-corrected chi connectivity index (χ4v) is 1.44. The highest BCUT2D eigenvalue weighted by Crippen LogP contribution is 2.15. The summed E-state index contributed by atoms with van der Waals surface area (Å²) in [5.74, 6) is -1.69.